The van der Waals surface area contributed by atoms with E-state index in [1.165, 1.54) is 0 Å². The van der Waals surface area contributed by atoms with Crippen molar-refractivity contribution in [2.75, 3.05) is 0 Å². The minimum absolute atomic E-state index is 0.111. The van der Waals surface area contributed by atoms with Crippen molar-refractivity contribution in [1.82, 2.24) is 10.3 Å². The van der Waals surface area contributed by atoms with Crippen LogP contribution in [-0.2, 0) is 16.0 Å². The van der Waals surface area contributed by atoms with Crippen LogP contribution in [0.15, 0.2) is 6.20 Å². The lowest BCUT2D eigenvalue weighted by Crippen LogP contribution is -2.41. The quantitative estimate of drug-likeness (QED) is 0.695. The van der Waals surface area contributed by atoms with E-state index in [0.29, 0.717) is 0 Å². The number of carbonyl (C=O) groups excluding carboxylic acids is 1. The van der Waals surface area contributed by atoms with E-state index in [1.807, 2.05) is 13.8 Å². The van der Waals surface area contributed by atoms with Gasteiger partial charge in [0, 0.05) is 17.5 Å². The van der Waals surface area contributed by atoms with Crippen molar-refractivity contribution >= 4 is 23.2 Å². The molecule has 0 radical (unpaired) electrons. The van der Waals surface area contributed by atoms with E-state index < -0.39 is 12.0 Å². The molecule has 0 spiro atoms. The lowest BCUT2D eigenvalue weighted by Gasteiger charge is -2.15. The SMILES string of the molecule is CCc1cnc(C(C)NC(=O)C(N)CCC(=O)O)s1. The zero-order chi connectivity index (χ0) is 14.4. The summed E-state index contributed by atoms with van der Waals surface area (Å²) in [5, 5.41) is 12.1. The minimum Gasteiger partial charge on any atom is -0.481 e. The predicted molar refractivity (Wildman–Crippen MR) is 72.9 cm³/mol. The lowest BCUT2D eigenvalue weighted by atomic mass is 10.1. The molecule has 4 N–H and O–H groups in total. The van der Waals surface area contributed by atoms with E-state index in [4.69, 9.17) is 10.8 Å². The first-order valence-corrected chi connectivity index (χ1v) is 6.98. The number of rotatable bonds is 7. The van der Waals surface area contributed by atoms with Crippen LogP contribution in [-0.4, -0.2) is 28.0 Å². The molecule has 0 saturated heterocycles. The first-order valence-electron chi connectivity index (χ1n) is 6.16. The standard InChI is InChI=1S/C12H19N3O3S/c1-3-8-6-14-12(19-8)7(2)15-11(18)9(13)4-5-10(16)17/h6-7,9H,3-5,13H2,1-2H3,(H,15,18)(H,16,17). The van der Waals surface area contributed by atoms with Gasteiger partial charge in [-0.25, -0.2) is 4.98 Å². The second-order valence-electron chi connectivity index (χ2n) is 4.29. The Balaban J connectivity index is 2.48. The van der Waals surface area contributed by atoms with Gasteiger partial charge in [-0.3, -0.25) is 9.59 Å². The monoisotopic (exact) mass is 285 g/mol. The van der Waals surface area contributed by atoms with Crippen LogP contribution in [0.3, 0.4) is 0 Å². The van der Waals surface area contributed by atoms with Gasteiger partial charge in [0.15, 0.2) is 0 Å². The van der Waals surface area contributed by atoms with Gasteiger partial charge in [-0.1, -0.05) is 6.92 Å². The van der Waals surface area contributed by atoms with Crippen molar-refractivity contribution in [1.29, 1.82) is 0 Å². The topological polar surface area (TPSA) is 105 Å². The third-order valence-electron chi connectivity index (χ3n) is 2.66. The minimum atomic E-state index is -0.955. The fourth-order valence-corrected chi connectivity index (χ4v) is 2.34. The number of nitrogens with one attached hydrogen (secondary N) is 1. The Labute approximate surface area is 116 Å². The molecule has 0 aromatic carbocycles. The smallest absolute Gasteiger partial charge is 0.303 e. The Bertz CT molecular complexity index is 447. The molecule has 0 bridgehead atoms. The van der Waals surface area contributed by atoms with Crippen molar-refractivity contribution in [3.63, 3.8) is 0 Å². The highest BCUT2D eigenvalue weighted by molar-refractivity contribution is 7.11. The highest BCUT2D eigenvalue weighted by atomic mass is 32.1. The number of nitrogens with zero attached hydrogens (tertiary/aromatic N) is 1. The highest BCUT2D eigenvalue weighted by Gasteiger charge is 2.19. The molecular weight excluding hydrogens is 266 g/mol. The first kappa shape index (κ1) is 15.6. The van der Waals surface area contributed by atoms with Crippen molar-refractivity contribution in [3.05, 3.63) is 16.1 Å². The van der Waals surface area contributed by atoms with Crippen molar-refractivity contribution in [2.45, 2.75) is 45.2 Å². The number of amides is 1. The molecule has 19 heavy (non-hydrogen) atoms. The summed E-state index contributed by atoms with van der Waals surface area (Å²) in [5.41, 5.74) is 5.63. The van der Waals surface area contributed by atoms with Gasteiger partial charge in [-0.05, 0) is 19.8 Å². The summed E-state index contributed by atoms with van der Waals surface area (Å²) in [6.07, 6.45) is 2.73. The molecule has 7 heteroatoms. The van der Waals surface area contributed by atoms with Gasteiger partial charge in [0.1, 0.15) is 5.01 Å². The van der Waals surface area contributed by atoms with Gasteiger partial charge in [-0.15, -0.1) is 11.3 Å². The van der Waals surface area contributed by atoms with Crippen LogP contribution in [0, 0.1) is 0 Å². The van der Waals surface area contributed by atoms with Crippen LogP contribution in [0.5, 0.6) is 0 Å². The molecule has 106 valence electrons. The van der Waals surface area contributed by atoms with E-state index in [9.17, 15) is 9.59 Å². The number of aromatic nitrogens is 1. The maximum atomic E-state index is 11.8. The summed E-state index contributed by atoms with van der Waals surface area (Å²) < 4.78 is 0. The molecule has 0 aliphatic rings. The van der Waals surface area contributed by atoms with Crippen LogP contribution >= 0.6 is 11.3 Å². The summed E-state index contributed by atoms with van der Waals surface area (Å²) in [6.45, 7) is 3.88. The normalized spacial score (nSPS) is 13.8. The number of hydrogen-bond donors (Lipinski definition) is 3. The average Bonchev–Trinajstić information content (AvgIpc) is 2.84. The number of carbonyl (C=O) groups is 2. The number of aryl methyl sites for hydroxylation is 1. The lowest BCUT2D eigenvalue weighted by molar-refractivity contribution is -0.137. The molecule has 2 unspecified atom stereocenters. The molecule has 6 nitrogen and oxygen atoms in total. The maximum Gasteiger partial charge on any atom is 0.303 e. The van der Waals surface area contributed by atoms with Gasteiger partial charge in [0.25, 0.3) is 0 Å². The van der Waals surface area contributed by atoms with Gasteiger partial charge in [-0.2, -0.15) is 0 Å². The van der Waals surface area contributed by atoms with Gasteiger partial charge < -0.3 is 16.2 Å². The van der Waals surface area contributed by atoms with Crippen LogP contribution in [0.2, 0.25) is 0 Å². The van der Waals surface area contributed by atoms with Crippen molar-refractivity contribution < 1.29 is 14.7 Å². The Morgan fingerprint density at radius 3 is 2.79 bits per heavy atom. The summed E-state index contributed by atoms with van der Waals surface area (Å²) in [7, 11) is 0. The van der Waals surface area contributed by atoms with E-state index in [2.05, 4.69) is 10.3 Å². The van der Waals surface area contributed by atoms with Crippen molar-refractivity contribution in [2.24, 2.45) is 5.73 Å². The zero-order valence-corrected chi connectivity index (χ0v) is 11.9. The number of thiazole rings is 1. The molecule has 1 aromatic rings. The number of nitrogens with two attached hydrogens (primary N) is 1. The first-order chi connectivity index (χ1) is 8.93. The van der Waals surface area contributed by atoms with Crippen LogP contribution < -0.4 is 11.1 Å². The fourth-order valence-electron chi connectivity index (χ4n) is 1.48. The van der Waals surface area contributed by atoms with Crippen LogP contribution in [0.25, 0.3) is 0 Å². The Morgan fingerprint density at radius 1 is 1.58 bits per heavy atom. The molecular formula is C12H19N3O3S. The number of carboxylic acid groups (broad SMARTS) is 1. The van der Waals surface area contributed by atoms with Gasteiger partial charge in [0.05, 0.1) is 12.1 Å². The number of aliphatic carboxylic acids is 1. The van der Waals surface area contributed by atoms with Gasteiger partial charge in [0.2, 0.25) is 5.91 Å². The summed E-state index contributed by atoms with van der Waals surface area (Å²) in [6, 6.07) is -1.02. The molecule has 2 atom stereocenters. The average molecular weight is 285 g/mol. The molecule has 0 aliphatic carbocycles. The molecule has 0 fully saturated rings. The van der Waals surface area contributed by atoms with Gasteiger partial charge >= 0.3 is 5.97 Å². The summed E-state index contributed by atoms with van der Waals surface area (Å²) >= 11 is 1.55. The Hall–Kier alpha value is -1.47. The Kier molecular flexibility index (Phi) is 5.91. The molecule has 1 aromatic heterocycles. The van der Waals surface area contributed by atoms with E-state index in [1.54, 1.807) is 17.5 Å². The fraction of sp³-hybridized carbons (Fsp3) is 0.583. The van der Waals surface area contributed by atoms with Crippen molar-refractivity contribution in [3.8, 4) is 0 Å². The second-order valence-corrected chi connectivity index (χ2v) is 5.43. The summed E-state index contributed by atoms with van der Waals surface area (Å²) in [4.78, 5) is 27.6. The highest BCUT2D eigenvalue weighted by Crippen LogP contribution is 2.20. The maximum absolute atomic E-state index is 11.8. The van der Waals surface area contributed by atoms with E-state index in [-0.39, 0.29) is 24.8 Å². The second kappa shape index (κ2) is 7.20. The molecule has 1 heterocycles. The molecule has 1 amide bonds. The molecule has 0 aliphatic heterocycles. The summed E-state index contributed by atoms with van der Waals surface area (Å²) in [5.74, 6) is -1.30. The van der Waals surface area contributed by atoms with Crippen LogP contribution in [0.1, 0.15) is 42.6 Å². The van der Waals surface area contributed by atoms with Crippen LogP contribution in [0.4, 0.5) is 0 Å². The largest absolute Gasteiger partial charge is 0.481 e. The molecule has 0 saturated carbocycles. The number of hydrogen-bond acceptors (Lipinski definition) is 5. The molecule has 1 rings (SSSR count). The van der Waals surface area contributed by atoms with E-state index in [0.717, 1.165) is 16.3 Å². The predicted octanol–water partition coefficient (Wildman–Crippen LogP) is 1.07. The zero-order valence-electron chi connectivity index (χ0n) is 11.0. The Morgan fingerprint density at radius 2 is 2.26 bits per heavy atom. The third kappa shape index (κ3) is 4.96. The third-order valence-corrected chi connectivity index (χ3v) is 3.98. The van der Waals surface area contributed by atoms with E-state index >= 15 is 0 Å². The number of carboxylic acids is 1.